The second-order valence-corrected chi connectivity index (χ2v) is 3.50. The molecule has 1 aromatic heterocycles. The summed E-state index contributed by atoms with van der Waals surface area (Å²) in [6.45, 7) is 1.85. The van der Waals surface area contributed by atoms with Crippen LogP contribution in [0, 0.1) is 0 Å². The van der Waals surface area contributed by atoms with Crippen molar-refractivity contribution in [3.8, 4) is 0 Å². The second kappa shape index (κ2) is 3.79. The molecule has 0 spiro atoms. The monoisotopic (exact) mass is 194 g/mol. The fraction of sp³-hybridized carbons (Fsp3) is 0.556. The Morgan fingerprint density at radius 1 is 1.79 bits per heavy atom. The molecule has 1 saturated heterocycles. The average molecular weight is 194 g/mol. The van der Waals surface area contributed by atoms with Crippen LogP contribution in [0.3, 0.4) is 0 Å². The molecule has 5 nitrogen and oxygen atoms in total. The lowest BCUT2D eigenvalue weighted by Gasteiger charge is -2.10. The summed E-state index contributed by atoms with van der Waals surface area (Å²) < 4.78 is 1.58. The molecular formula is C9H14N4O. The van der Waals surface area contributed by atoms with Crippen LogP contribution in [0.5, 0.6) is 0 Å². The zero-order valence-corrected chi connectivity index (χ0v) is 8.16. The molecule has 0 aromatic carbocycles. The van der Waals surface area contributed by atoms with Gasteiger partial charge in [0.05, 0.1) is 0 Å². The van der Waals surface area contributed by atoms with Gasteiger partial charge in [-0.2, -0.15) is 5.10 Å². The summed E-state index contributed by atoms with van der Waals surface area (Å²) in [5, 5.41) is 10.1. The Hall–Kier alpha value is -1.36. The first-order valence-electron chi connectivity index (χ1n) is 4.77. The number of rotatable bonds is 2. The summed E-state index contributed by atoms with van der Waals surface area (Å²) in [6.07, 6.45) is 2.63. The maximum absolute atomic E-state index is 11.7. The first-order chi connectivity index (χ1) is 6.77. The number of nitrogens with zero attached hydrogens (tertiary/aromatic N) is 2. The summed E-state index contributed by atoms with van der Waals surface area (Å²) in [5.74, 6) is -0.0429. The topological polar surface area (TPSA) is 59.0 Å². The van der Waals surface area contributed by atoms with Gasteiger partial charge < -0.3 is 10.6 Å². The Morgan fingerprint density at radius 3 is 3.21 bits per heavy atom. The van der Waals surface area contributed by atoms with Crippen LogP contribution in [0.15, 0.2) is 12.3 Å². The van der Waals surface area contributed by atoms with Gasteiger partial charge in [-0.3, -0.25) is 9.48 Å². The second-order valence-electron chi connectivity index (χ2n) is 3.50. The van der Waals surface area contributed by atoms with E-state index in [9.17, 15) is 4.79 Å². The van der Waals surface area contributed by atoms with Crippen molar-refractivity contribution in [2.24, 2.45) is 7.05 Å². The normalized spacial score (nSPS) is 21.1. The fourth-order valence-corrected chi connectivity index (χ4v) is 1.63. The van der Waals surface area contributed by atoms with Crippen LogP contribution in [-0.4, -0.2) is 34.8 Å². The van der Waals surface area contributed by atoms with Gasteiger partial charge >= 0.3 is 0 Å². The third kappa shape index (κ3) is 1.77. The third-order valence-corrected chi connectivity index (χ3v) is 2.45. The Morgan fingerprint density at radius 2 is 2.64 bits per heavy atom. The van der Waals surface area contributed by atoms with Crippen LogP contribution < -0.4 is 10.6 Å². The van der Waals surface area contributed by atoms with E-state index >= 15 is 0 Å². The Labute approximate surface area is 82.5 Å². The lowest BCUT2D eigenvalue weighted by molar-refractivity contribution is 0.0930. The number of carbonyl (C=O) groups is 1. The SMILES string of the molecule is Cn1nccc1C(=O)N[C@@H]1CCNC1. The van der Waals surface area contributed by atoms with Crippen LogP contribution in [0.2, 0.25) is 0 Å². The highest BCUT2D eigenvalue weighted by Crippen LogP contribution is 2.01. The van der Waals surface area contributed by atoms with E-state index < -0.39 is 0 Å². The number of aryl methyl sites for hydroxylation is 1. The minimum atomic E-state index is -0.0429. The van der Waals surface area contributed by atoms with Gasteiger partial charge in [0.15, 0.2) is 0 Å². The average Bonchev–Trinajstić information content (AvgIpc) is 2.75. The van der Waals surface area contributed by atoms with Crippen molar-refractivity contribution in [3.05, 3.63) is 18.0 Å². The van der Waals surface area contributed by atoms with E-state index in [2.05, 4.69) is 15.7 Å². The highest BCUT2D eigenvalue weighted by Gasteiger charge is 2.18. The van der Waals surface area contributed by atoms with Crippen molar-refractivity contribution in [2.75, 3.05) is 13.1 Å². The molecule has 76 valence electrons. The molecule has 2 rings (SSSR count). The predicted molar refractivity (Wildman–Crippen MR) is 51.9 cm³/mol. The maximum atomic E-state index is 11.7. The molecule has 1 atom stereocenters. The number of amides is 1. The first kappa shape index (κ1) is 9.21. The highest BCUT2D eigenvalue weighted by atomic mass is 16.2. The molecule has 1 aliphatic heterocycles. The van der Waals surface area contributed by atoms with Crippen molar-refractivity contribution in [1.82, 2.24) is 20.4 Å². The molecule has 0 unspecified atom stereocenters. The van der Waals surface area contributed by atoms with Crippen LogP contribution >= 0.6 is 0 Å². The number of aromatic nitrogens is 2. The molecule has 1 fully saturated rings. The number of hydrogen-bond donors (Lipinski definition) is 2. The zero-order chi connectivity index (χ0) is 9.97. The first-order valence-corrected chi connectivity index (χ1v) is 4.77. The molecule has 2 N–H and O–H groups in total. The van der Waals surface area contributed by atoms with Crippen LogP contribution in [0.25, 0.3) is 0 Å². The Balaban J connectivity index is 1.98. The van der Waals surface area contributed by atoms with E-state index in [4.69, 9.17) is 0 Å². The van der Waals surface area contributed by atoms with E-state index in [1.807, 2.05) is 0 Å². The number of hydrogen-bond acceptors (Lipinski definition) is 3. The summed E-state index contributed by atoms with van der Waals surface area (Å²) in [6, 6.07) is 1.98. The van der Waals surface area contributed by atoms with Gasteiger partial charge in [0.2, 0.25) is 0 Å². The number of nitrogens with one attached hydrogen (secondary N) is 2. The van der Waals surface area contributed by atoms with Crippen LogP contribution in [-0.2, 0) is 7.05 Å². The van der Waals surface area contributed by atoms with Crippen molar-refractivity contribution in [1.29, 1.82) is 0 Å². The maximum Gasteiger partial charge on any atom is 0.269 e. The summed E-state index contributed by atoms with van der Waals surface area (Å²) >= 11 is 0. The van der Waals surface area contributed by atoms with Gasteiger partial charge in [0.1, 0.15) is 5.69 Å². The molecule has 5 heteroatoms. The largest absolute Gasteiger partial charge is 0.347 e. The predicted octanol–water partition coefficient (Wildman–Crippen LogP) is -0.488. The Bertz CT molecular complexity index is 327. The highest BCUT2D eigenvalue weighted by molar-refractivity contribution is 5.92. The quantitative estimate of drug-likeness (QED) is 0.668. The molecule has 0 aliphatic carbocycles. The van der Waals surface area contributed by atoms with Crippen molar-refractivity contribution >= 4 is 5.91 Å². The van der Waals surface area contributed by atoms with E-state index in [-0.39, 0.29) is 11.9 Å². The summed E-state index contributed by atoms with van der Waals surface area (Å²) in [5.41, 5.74) is 0.608. The van der Waals surface area contributed by atoms with E-state index in [1.54, 1.807) is 24.0 Å². The van der Waals surface area contributed by atoms with Crippen molar-refractivity contribution in [2.45, 2.75) is 12.5 Å². The molecular weight excluding hydrogens is 180 g/mol. The van der Waals surface area contributed by atoms with Gasteiger partial charge in [0, 0.05) is 25.8 Å². The molecule has 1 amide bonds. The van der Waals surface area contributed by atoms with E-state index in [1.165, 1.54) is 0 Å². The van der Waals surface area contributed by atoms with Crippen molar-refractivity contribution in [3.63, 3.8) is 0 Å². The summed E-state index contributed by atoms with van der Waals surface area (Å²) in [4.78, 5) is 11.7. The van der Waals surface area contributed by atoms with Gasteiger partial charge in [0.25, 0.3) is 5.91 Å². The van der Waals surface area contributed by atoms with Gasteiger partial charge in [-0.05, 0) is 19.0 Å². The molecule has 0 saturated carbocycles. The van der Waals surface area contributed by atoms with Crippen LogP contribution in [0.4, 0.5) is 0 Å². The van der Waals surface area contributed by atoms with Crippen LogP contribution in [0.1, 0.15) is 16.9 Å². The van der Waals surface area contributed by atoms with E-state index in [0.29, 0.717) is 5.69 Å². The van der Waals surface area contributed by atoms with Gasteiger partial charge in [-0.25, -0.2) is 0 Å². The lowest BCUT2D eigenvalue weighted by Crippen LogP contribution is -2.37. The minimum absolute atomic E-state index is 0.0429. The van der Waals surface area contributed by atoms with Gasteiger partial charge in [-0.15, -0.1) is 0 Å². The van der Waals surface area contributed by atoms with E-state index in [0.717, 1.165) is 19.5 Å². The van der Waals surface area contributed by atoms with Gasteiger partial charge in [-0.1, -0.05) is 0 Å². The molecule has 1 aliphatic rings. The minimum Gasteiger partial charge on any atom is -0.347 e. The molecule has 1 aromatic rings. The Kier molecular flexibility index (Phi) is 2.49. The molecule has 0 bridgehead atoms. The molecule has 14 heavy (non-hydrogen) atoms. The standard InChI is InChI=1S/C9H14N4O/c1-13-8(3-5-11-13)9(14)12-7-2-4-10-6-7/h3,5,7,10H,2,4,6H2,1H3,(H,12,14)/t7-/m1/s1. The number of carbonyl (C=O) groups excluding carboxylic acids is 1. The molecule has 2 heterocycles. The lowest BCUT2D eigenvalue weighted by atomic mass is 10.2. The van der Waals surface area contributed by atoms with Crippen molar-refractivity contribution < 1.29 is 4.79 Å². The summed E-state index contributed by atoms with van der Waals surface area (Å²) in [7, 11) is 1.77. The zero-order valence-electron chi connectivity index (χ0n) is 8.16. The fourth-order valence-electron chi connectivity index (χ4n) is 1.63. The molecule has 0 radical (unpaired) electrons. The smallest absolute Gasteiger partial charge is 0.269 e. The third-order valence-electron chi connectivity index (χ3n) is 2.45.